The summed E-state index contributed by atoms with van der Waals surface area (Å²) in [5, 5.41) is 9.01. The second-order valence-electron chi connectivity index (χ2n) is 5.49. The van der Waals surface area contributed by atoms with Crippen LogP contribution in [-0.2, 0) is 11.2 Å². The Morgan fingerprint density at radius 1 is 1.26 bits per heavy atom. The quantitative estimate of drug-likeness (QED) is 0.849. The number of ether oxygens (including phenoxy) is 1. The highest BCUT2D eigenvalue weighted by Crippen LogP contribution is 2.20. The summed E-state index contributed by atoms with van der Waals surface area (Å²) >= 11 is 0. The van der Waals surface area contributed by atoms with Gasteiger partial charge in [-0.25, -0.2) is 4.98 Å². The van der Waals surface area contributed by atoms with Gasteiger partial charge >= 0.3 is 0 Å². The van der Waals surface area contributed by atoms with Crippen molar-refractivity contribution in [2.45, 2.75) is 18.9 Å². The van der Waals surface area contributed by atoms with Gasteiger partial charge in [0, 0.05) is 12.6 Å². The standard InChI is InChI=1S/C18H17N3O2/c19-11-15-7-4-10-20-18(15)23-16-12-21(13-16)17(22)9-8-14-5-2-1-3-6-14/h1-7,10,16H,8-9,12-13H2. The van der Waals surface area contributed by atoms with Gasteiger partial charge < -0.3 is 9.64 Å². The Morgan fingerprint density at radius 2 is 2.04 bits per heavy atom. The number of nitrogens with zero attached hydrogens (tertiary/aromatic N) is 3. The summed E-state index contributed by atoms with van der Waals surface area (Å²) in [4.78, 5) is 18.0. The average Bonchev–Trinajstić information content (AvgIpc) is 2.57. The number of hydrogen-bond acceptors (Lipinski definition) is 4. The van der Waals surface area contributed by atoms with Gasteiger partial charge in [0.25, 0.3) is 0 Å². The molecule has 23 heavy (non-hydrogen) atoms. The number of pyridine rings is 1. The van der Waals surface area contributed by atoms with Gasteiger partial charge in [-0.2, -0.15) is 5.26 Å². The molecule has 1 aromatic heterocycles. The maximum Gasteiger partial charge on any atom is 0.232 e. The summed E-state index contributed by atoms with van der Waals surface area (Å²) in [7, 11) is 0. The minimum Gasteiger partial charge on any atom is -0.470 e. The molecule has 1 fully saturated rings. The third-order valence-corrected chi connectivity index (χ3v) is 3.84. The molecule has 0 radical (unpaired) electrons. The first-order valence-electron chi connectivity index (χ1n) is 7.60. The summed E-state index contributed by atoms with van der Waals surface area (Å²) in [6, 6.07) is 15.4. The Labute approximate surface area is 135 Å². The van der Waals surface area contributed by atoms with Crippen molar-refractivity contribution in [3.63, 3.8) is 0 Å². The molecular weight excluding hydrogens is 290 g/mol. The number of likely N-dealkylation sites (tertiary alicyclic amines) is 1. The van der Waals surface area contributed by atoms with E-state index in [1.165, 1.54) is 5.56 Å². The van der Waals surface area contributed by atoms with Crippen LogP contribution in [0.4, 0.5) is 0 Å². The number of carbonyl (C=O) groups excluding carboxylic acids is 1. The van der Waals surface area contributed by atoms with E-state index in [9.17, 15) is 4.79 Å². The van der Waals surface area contributed by atoms with Gasteiger partial charge in [-0.3, -0.25) is 4.79 Å². The summed E-state index contributed by atoms with van der Waals surface area (Å²) in [5.41, 5.74) is 1.59. The third kappa shape index (κ3) is 3.67. The molecule has 5 nitrogen and oxygen atoms in total. The van der Waals surface area contributed by atoms with Crippen LogP contribution in [0.1, 0.15) is 17.5 Å². The molecule has 0 N–H and O–H groups in total. The minimum absolute atomic E-state index is 0.0855. The average molecular weight is 307 g/mol. The molecule has 1 aliphatic heterocycles. The molecule has 2 aromatic rings. The van der Waals surface area contributed by atoms with E-state index < -0.39 is 0 Å². The van der Waals surface area contributed by atoms with Crippen LogP contribution >= 0.6 is 0 Å². The van der Waals surface area contributed by atoms with Gasteiger partial charge in [-0.05, 0) is 24.1 Å². The lowest BCUT2D eigenvalue weighted by atomic mass is 10.1. The fourth-order valence-corrected chi connectivity index (χ4v) is 2.50. The van der Waals surface area contributed by atoms with Crippen molar-refractivity contribution in [1.82, 2.24) is 9.88 Å². The van der Waals surface area contributed by atoms with Gasteiger partial charge in [-0.15, -0.1) is 0 Å². The van der Waals surface area contributed by atoms with Crippen LogP contribution in [-0.4, -0.2) is 35.0 Å². The van der Waals surface area contributed by atoms with Crippen LogP contribution in [0.5, 0.6) is 5.88 Å². The topological polar surface area (TPSA) is 66.2 Å². The summed E-state index contributed by atoms with van der Waals surface area (Å²) in [6.07, 6.45) is 2.76. The molecule has 0 saturated carbocycles. The largest absolute Gasteiger partial charge is 0.470 e. The zero-order valence-electron chi connectivity index (χ0n) is 12.7. The van der Waals surface area contributed by atoms with Gasteiger partial charge in [0.15, 0.2) is 0 Å². The fraction of sp³-hybridized carbons (Fsp3) is 0.278. The number of hydrogen-bond donors (Lipinski definition) is 0. The highest BCUT2D eigenvalue weighted by molar-refractivity contribution is 5.77. The van der Waals surface area contributed by atoms with Crippen LogP contribution < -0.4 is 4.74 Å². The minimum atomic E-state index is -0.0855. The van der Waals surface area contributed by atoms with Crippen molar-refractivity contribution in [3.05, 3.63) is 59.8 Å². The van der Waals surface area contributed by atoms with E-state index in [1.807, 2.05) is 30.3 Å². The number of aryl methyl sites for hydroxylation is 1. The number of nitriles is 1. The predicted octanol–water partition coefficient (Wildman–Crippen LogP) is 2.18. The van der Waals surface area contributed by atoms with Gasteiger partial charge in [0.2, 0.25) is 11.8 Å². The number of benzene rings is 1. The van der Waals surface area contributed by atoms with Crippen molar-refractivity contribution in [2.75, 3.05) is 13.1 Å². The highest BCUT2D eigenvalue weighted by atomic mass is 16.5. The van der Waals surface area contributed by atoms with Crippen LogP contribution in [0.2, 0.25) is 0 Å². The molecule has 3 rings (SSSR count). The molecule has 1 saturated heterocycles. The van der Waals surface area contributed by atoms with Crippen molar-refractivity contribution < 1.29 is 9.53 Å². The van der Waals surface area contributed by atoms with Crippen molar-refractivity contribution in [3.8, 4) is 11.9 Å². The van der Waals surface area contributed by atoms with Gasteiger partial charge in [-0.1, -0.05) is 30.3 Å². The molecule has 2 heterocycles. The zero-order chi connectivity index (χ0) is 16.1. The zero-order valence-corrected chi connectivity index (χ0v) is 12.7. The lowest BCUT2D eigenvalue weighted by Crippen LogP contribution is -2.56. The van der Waals surface area contributed by atoms with E-state index in [1.54, 1.807) is 23.2 Å². The van der Waals surface area contributed by atoms with E-state index >= 15 is 0 Å². The maximum absolute atomic E-state index is 12.1. The number of amides is 1. The Kier molecular flexibility index (Phi) is 4.53. The maximum atomic E-state index is 12.1. The lowest BCUT2D eigenvalue weighted by Gasteiger charge is -2.38. The Bertz CT molecular complexity index is 719. The van der Waals surface area contributed by atoms with Crippen molar-refractivity contribution in [1.29, 1.82) is 5.26 Å². The fourth-order valence-electron chi connectivity index (χ4n) is 2.50. The Morgan fingerprint density at radius 3 is 2.78 bits per heavy atom. The molecule has 1 amide bonds. The highest BCUT2D eigenvalue weighted by Gasteiger charge is 2.32. The normalized spacial score (nSPS) is 14.0. The third-order valence-electron chi connectivity index (χ3n) is 3.84. The summed E-state index contributed by atoms with van der Waals surface area (Å²) in [5.74, 6) is 0.478. The SMILES string of the molecule is N#Cc1cccnc1OC1CN(C(=O)CCc2ccccc2)C1. The van der Waals surface area contributed by atoms with Crippen molar-refractivity contribution >= 4 is 5.91 Å². The van der Waals surface area contributed by atoms with Crippen molar-refractivity contribution in [2.24, 2.45) is 0 Å². The molecule has 1 aliphatic rings. The number of aromatic nitrogens is 1. The lowest BCUT2D eigenvalue weighted by molar-refractivity contribution is -0.140. The van der Waals surface area contributed by atoms with Gasteiger partial charge in [0.1, 0.15) is 17.7 Å². The van der Waals surface area contributed by atoms with Crippen LogP contribution in [0.3, 0.4) is 0 Å². The number of rotatable bonds is 5. The monoisotopic (exact) mass is 307 g/mol. The Balaban J connectivity index is 1.45. The molecule has 1 aromatic carbocycles. The molecule has 0 bridgehead atoms. The van der Waals surface area contributed by atoms with E-state index in [0.29, 0.717) is 31.0 Å². The van der Waals surface area contributed by atoms with E-state index in [4.69, 9.17) is 10.00 Å². The molecule has 116 valence electrons. The van der Waals surface area contributed by atoms with Crippen LogP contribution in [0.15, 0.2) is 48.7 Å². The number of carbonyl (C=O) groups is 1. The second-order valence-corrected chi connectivity index (χ2v) is 5.49. The smallest absolute Gasteiger partial charge is 0.232 e. The second kappa shape index (κ2) is 6.93. The first kappa shape index (κ1) is 15.0. The summed E-state index contributed by atoms with van der Waals surface area (Å²) in [6.45, 7) is 1.10. The molecule has 0 atom stereocenters. The predicted molar refractivity (Wildman–Crippen MR) is 84.7 cm³/mol. The molecule has 5 heteroatoms. The molecular formula is C18H17N3O2. The first-order valence-corrected chi connectivity index (χ1v) is 7.60. The van der Waals surface area contributed by atoms with Crippen LogP contribution in [0.25, 0.3) is 0 Å². The molecule has 0 spiro atoms. The van der Waals surface area contributed by atoms with Gasteiger partial charge in [0.05, 0.1) is 13.1 Å². The van der Waals surface area contributed by atoms with E-state index in [-0.39, 0.29) is 12.0 Å². The van der Waals surface area contributed by atoms with E-state index in [0.717, 1.165) is 6.42 Å². The van der Waals surface area contributed by atoms with E-state index in [2.05, 4.69) is 11.1 Å². The molecule has 0 aliphatic carbocycles. The van der Waals surface area contributed by atoms with Crippen LogP contribution in [0, 0.1) is 11.3 Å². The summed E-state index contributed by atoms with van der Waals surface area (Å²) < 4.78 is 5.69. The Hall–Kier alpha value is -2.87. The first-order chi connectivity index (χ1) is 11.3. The molecule has 0 unspecified atom stereocenters.